The molecule has 2 aliphatic rings. The highest BCUT2D eigenvalue weighted by atomic mass is 14.8. The monoisotopic (exact) mass is 190 g/mol. The van der Waals surface area contributed by atoms with Gasteiger partial charge in [0.1, 0.15) is 0 Å². The molecule has 14 heavy (non-hydrogen) atoms. The predicted octanol–water partition coefficient (Wildman–Crippen LogP) is 2.42. The maximum Gasteiger partial charge on any atom is 0.0630 e. The topological polar surface area (TPSA) is 38.4 Å². The van der Waals surface area contributed by atoms with E-state index in [1.165, 1.54) is 5.57 Å². The quantitative estimate of drug-likeness (QED) is 0.626. The Morgan fingerprint density at radius 1 is 1.50 bits per heavy atom. The highest BCUT2D eigenvalue weighted by Gasteiger charge is 2.26. The van der Waals surface area contributed by atoms with E-state index < -0.39 is 0 Å². The van der Waals surface area contributed by atoms with Gasteiger partial charge in [-0.3, -0.25) is 4.99 Å². The van der Waals surface area contributed by atoms with E-state index in [0.29, 0.717) is 0 Å². The summed E-state index contributed by atoms with van der Waals surface area (Å²) in [6.45, 7) is 4.39. The average Bonchev–Trinajstić information content (AvgIpc) is 2.24. The van der Waals surface area contributed by atoms with Crippen molar-refractivity contribution < 1.29 is 0 Å². The van der Waals surface area contributed by atoms with Gasteiger partial charge in [-0.1, -0.05) is 19.9 Å². The van der Waals surface area contributed by atoms with Crippen LogP contribution >= 0.6 is 0 Å². The molecule has 0 aromatic rings. The van der Waals surface area contributed by atoms with Crippen LogP contribution in [0, 0.1) is 5.41 Å². The van der Waals surface area contributed by atoms with Crippen LogP contribution in [0.2, 0.25) is 0 Å². The van der Waals surface area contributed by atoms with Crippen molar-refractivity contribution in [3.8, 4) is 0 Å². The minimum atomic E-state index is 0.130. The van der Waals surface area contributed by atoms with Crippen LogP contribution in [0.25, 0.3) is 0 Å². The molecule has 76 valence electrons. The zero-order valence-electron chi connectivity index (χ0n) is 8.96. The van der Waals surface area contributed by atoms with Crippen molar-refractivity contribution in [3.63, 3.8) is 0 Å². The van der Waals surface area contributed by atoms with Crippen LogP contribution < -0.4 is 5.73 Å². The van der Waals surface area contributed by atoms with E-state index in [1.807, 2.05) is 6.21 Å². The Hall–Kier alpha value is -0.890. The molecule has 1 atom stereocenters. The van der Waals surface area contributed by atoms with Gasteiger partial charge in [0.15, 0.2) is 0 Å². The smallest absolute Gasteiger partial charge is 0.0630 e. The van der Waals surface area contributed by atoms with Crippen molar-refractivity contribution >= 4 is 6.21 Å². The normalized spacial score (nSPS) is 30.1. The highest BCUT2D eigenvalue weighted by Crippen LogP contribution is 2.31. The molecule has 2 N–H and O–H groups in total. The predicted molar refractivity (Wildman–Crippen MR) is 60.3 cm³/mol. The van der Waals surface area contributed by atoms with Crippen LogP contribution in [0.5, 0.6) is 0 Å². The molecular formula is C12H18N2. The fraction of sp³-hybridized carbons (Fsp3) is 0.583. The van der Waals surface area contributed by atoms with Crippen LogP contribution in [0.4, 0.5) is 0 Å². The lowest BCUT2D eigenvalue weighted by atomic mass is 9.84. The molecule has 1 heterocycles. The van der Waals surface area contributed by atoms with Gasteiger partial charge in [0, 0.05) is 17.7 Å². The van der Waals surface area contributed by atoms with Crippen LogP contribution in [0.15, 0.2) is 28.4 Å². The fourth-order valence-corrected chi connectivity index (χ4v) is 2.16. The molecule has 2 rings (SSSR count). The second-order valence-electron chi connectivity index (χ2n) is 4.91. The van der Waals surface area contributed by atoms with Gasteiger partial charge in [0.25, 0.3) is 0 Å². The number of hydrogen-bond acceptors (Lipinski definition) is 2. The molecule has 0 fully saturated rings. The highest BCUT2D eigenvalue weighted by molar-refractivity contribution is 5.68. The van der Waals surface area contributed by atoms with Crippen molar-refractivity contribution in [1.82, 2.24) is 0 Å². The number of aliphatic imine (C=N–C) groups is 1. The molecule has 2 heteroatoms. The molecular weight excluding hydrogens is 172 g/mol. The van der Waals surface area contributed by atoms with Gasteiger partial charge >= 0.3 is 0 Å². The third kappa shape index (κ3) is 1.80. The Labute approximate surface area is 85.6 Å². The van der Waals surface area contributed by atoms with E-state index in [-0.39, 0.29) is 11.5 Å². The van der Waals surface area contributed by atoms with Gasteiger partial charge in [-0.2, -0.15) is 0 Å². The number of nitrogens with zero attached hydrogens (tertiary/aromatic N) is 1. The van der Waals surface area contributed by atoms with Crippen molar-refractivity contribution in [2.24, 2.45) is 16.1 Å². The van der Waals surface area contributed by atoms with Gasteiger partial charge in [-0.15, -0.1) is 0 Å². The summed E-state index contributed by atoms with van der Waals surface area (Å²) in [5.74, 6) is 0. The maximum absolute atomic E-state index is 6.19. The minimum absolute atomic E-state index is 0.130. The Morgan fingerprint density at radius 2 is 2.29 bits per heavy atom. The summed E-state index contributed by atoms with van der Waals surface area (Å²) in [5.41, 5.74) is 8.77. The van der Waals surface area contributed by atoms with Gasteiger partial charge in [-0.05, 0) is 30.9 Å². The molecule has 0 radical (unpaired) electrons. The first kappa shape index (κ1) is 9.66. The van der Waals surface area contributed by atoms with Gasteiger partial charge in [0.05, 0.1) is 5.70 Å². The molecule has 0 spiro atoms. The van der Waals surface area contributed by atoms with Crippen molar-refractivity contribution in [2.75, 3.05) is 0 Å². The summed E-state index contributed by atoms with van der Waals surface area (Å²) >= 11 is 0. The zero-order chi connectivity index (χ0) is 10.2. The lowest BCUT2D eigenvalue weighted by molar-refractivity contribution is 0.450. The van der Waals surface area contributed by atoms with E-state index in [2.05, 4.69) is 31.0 Å². The SMILES string of the molecule is CC1(C)C=NC2=C(CCC=C2)C(N)C1. The Morgan fingerprint density at radius 3 is 3.07 bits per heavy atom. The first-order valence-corrected chi connectivity index (χ1v) is 5.29. The van der Waals surface area contributed by atoms with Crippen molar-refractivity contribution in [2.45, 2.75) is 39.2 Å². The molecule has 1 unspecified atom stereocenters. The second-order valence-corrected chi connectivity index (χ2v) is 4.91. The molecule has 0 aromatic heterocycles. The first-order chi connectivity index (χ1) is 6.58. The first-order valence-electron chi connectivity index (χ1n) is 5.29. The third-order valence-electron chi connectivity index (χ3n) is 2.93. The van der Waals surface area contributed by atoms with Crippen LogP contribution in [-0.2, 0) is 0 Å². The fourth-order valence-electron chi connectivity index (χ4n) is 2.16. The molecule has 0 amide bonds. The summed E-state index contributed by atoms with van der Waals surface area (Å²) in [5, 5.41) is 0. The zero-order valence-corrected chi connectivity index (χ0v) is 8.96. The van der Waals surface area contributed by atoms with Crippen molar-refractivity contribution in [1.29, 1.82) is 0 Å². The molecule has 0 aromatic carbocycles. The molecule has 0 bridgehead atoms. The van der Waals surface area contributed by atoms with E-state index in [0.717, 1.165) is 25.0 Å². The Balaban J connectivity index is 2.35. The van der Waals surface area contributed by atoms with Crippen LogP contribution in [0.3, 0.4) is 0 Å². The second kappa shape index (κ2) is 3.35. The van der Waals surface area contributed by atoms with E-state index >= 15 is 0 Å². The summed E-state index contributed by atoms with van der Waals surface area (Å²) in [7, 11) is 0. The van der Waals surface area contributed by atoms with Gasteiger partial charge in [-0.25, -0.2) is 0 Å². The summed E-state index contributed by atoms with van der Waals surface area (Å²) in [4.78, 5) is 4.54. The number of hydrogen-bond donors (Lipinski definition) is 1. The van der Waals surface area contributed by atoms with Crippen LogP contribution in [0.1, 0.15) is 33.1 Å². The lowest BCUT2D eigenvalue weighted by Gasteiger charge is -2.23. The van der Waals surface area contributed by atoms with Gasteiger partial charge in [0.2, 0.25) is 0 Å². The molecule has 0 saturated carbocycles. The largest absolute Gasteiger partial charge is 0.324 e. The Kier molecular flexibility index (Phi) is 2.31. The Bertz CT molecular complexity index is 321. The third-order valence-corrected chi connectivity index (χ3v) is 2.93. The summed E-state index contributed by atoms with van der Waals surface area (Å²) in [6.07, 6.45) is 9.54. The average molecular weight is 190 g/mol. The number of rotatable bonds is 0. The molecule has 1 aliphatic carbocycles. The number of allylic oxidation sites excluding steroid dienone is 2. The van der Waals surface area contributed by atoms with Crippen LogP contribution in [-0.4, -0.2) is 12.3 Å². The van der Waals surface area contributed by atoms with Crippen molar-refractivity contribution in [3.05, 3.63) is 23.4 Å². The molecule has 2 nitrogen and oxygen atoms in total. The summed E-state index contributed by atoms with van der Waals surface area (Å²) < 4.78 is 0. The van der Waals surface area contributed by atoms with E-state index in [1.54, 1.807) is 0 Å². The van der Waals surface area contributed by atoms with Gasteiger partial charge < -0.3 is 5.73 Å². The minimum Gasteiger partial charge on any atom is -0.324 e. The molecule has 1 aliphatic heterocycles. The maximum atomic E-state index is 6.19. The lowest BCUT2D eigenvalue weighted by Crippen LogP contribution is -2.29. The standard InChI is InChI=1S/C12H18N2/c1-12(2)7-10(13)9-5-3-4-6-11(9)14-8-12/h4,6,8,10H,3,5,7,13H2,1-2H3. The summed E-state index contributed by atoms with van der Waals surface area (Å²) in [6, 6.07) is 0.187. The van der Waals surface area contributed by atoms with E-state index in [4.69, 9.17) is 5.73 Å². The van der Waals surface area contributed by atoms with E-state index in [9.17, 15) is 0 Å². The molecule has 0 saturated heterocycles. The number of nitrogens with two attached hydrogens (primary N) is 1.